The number of likely N-dealkylation sites (N-methyl/N-ethyl adjacent to an activating group) is 1. The molecular formula is C23H32ClN3O3S. The number of hydrogen-bond donors (Lipinski definition) is 0. The van der Waals surface area contributed by atoms with Gasteiger partial charge in [-0.25, -0.2) is 8.42 Å². The second-order valence-corrected chi connectivity index (χ2v) is 10.1. The van der Waals surface area contributed by atoms with Gasteiger partial charge in [-0.1, -0.05) is 43.6 Å². The molecule has 170 valence electrons. The van der Waals surface area contributed by atoms with Crippen molar-refractivity contribution in [1.29, 1.82) is 0 Å². The molecule has 1 amide bonds. The third-order valence-electron chi connectivity index (χ3n) is 5.17. The fourth-order valence-electron chi connectivity index (χ4n) is 3.26. The first kappa shape index (κ1) is 25.3. The van der Waals surface area contributed by atoms with Gasteiger partial charge < -0.3 is 9.80 Å². The van der Waals surface area contributed by atoms with Crippen LogP contribution in [0.3, 0.4) is 0 Å². The Morgan fingerprint density at radius 3 is 2.13 bits per heavy atom. The largest absolute Gasteiger partial charge is 0.333 e. The van der Waals surface area contributed by atoms with Crippen LogP contribution >= 0.6 is 11.6 Å². The summed E-state index contributed by atoms with van der Waals surface area (Å²) in [5, 5.41) is 0.639. The molecule has 0 heterocycles. The molecule has 31 heavy (non-hydrogen) atoms. The summed E-state index contributed by atoms with van der Waals surface area (Å²) in [6.07, 6.45) is 0. The first-order valence-electron chi connectivity index (χ1n) is 10.4. The highest BCUT2D eigenvalue weighted by atomic mass is 35.5. The molecule has 8 heteroatoms. The number of rotatable bonds is 10. The highest BCUT2D eigenvalue weighted by Gasteiger charge is 2.25. The molecule has 0 aliphatic rings. The Morgan fingerprint density at radius 2 is 1.58 bits per heavy atom. The molecule has 0 atom stereocenters. The SMILES string of the molecule is CCN(CC)S(=O)(=O)c1ccc(C)c(C(=O)N(CCN(C)C)Cc2ccc(Cl)cc2)c1. The van der Waals surface area contributed by atoms with Crippen molar-refractivity contribution in [3.8, 4) is 0 Å². The van der Waals surface area contributed by atoms with Crippen LogP contribution in [-0.2, 0) is 16.6 Å². The maximum atomic E-state index is 13.5. The maximum Gasteiger partial charge on any atom is 0.254 e. The zero-order valence-electron chi connectivity index (χ0n) is 18.9. The average molecular weight is 466 g/mol. The number of amides is 1. The van der Waals surface area contributed by atoms with E-state index >= 15 is 0 Å². The summed E-state index contributed by atoms with van der Waals surface area (Å²) < 4.78 is 27.3. The highest BCUT2D eigenvalue weighted by molar-refractivity contribution is 7.89. The summed E-state index contributed by atoms with van der Waals surface area (Å²) in [6, 6.07) is 12.2. The lowest BCUT2D eigenvalue weighted by atomic mass is 10.1. The third kappa shape index (κ3) is 6.53. The number of nitrogens with zero attached hydrogens (tertiary/aromatic N) is 3. The number of halogens is 1. The molecule has 0 bridgehead atoms. The molecular weight excluding hydrogens is 434 g/mol. The van der Waals surface area contributed by atoms with E-state index in [1.165, 1.54) is 10.4 Å². The normalized spacial score (nSPS) is 11.9. The van der Waals surface area contributed by atoms with Crippen molar-refractivity contribution in [2.45, 2.75) is 32.2 Å². The van der Waals surface area contributed by atoms with Crippen LogP contribution in [0.4, 0.5) is 0 Å². The van der Waals surface area contributed by atoms with E-state index in [4.69, 9.17) is 11.6 Å². The molecule has 6 nitrogen and oxygen atoms in total. The molecule has 2 rings (SSSR count). The molecule has 0 aromatic heterocycles. The van der Waals surface area contributed by atoms with Crippen LogP contribution in [0.25, 0.3) is 0 Å². The molecule has 0 fully saturated rings. The first-order valence-corrected chi connectivity index (χ1v) is 12.2. The van der Waals surface area contributed by atoms with Crippen molar-refractivity contribution >= 4 is 27.5 Å². The van der Waals surface area contributed by atoms with E-state index in [-0.39, 0.29) is 10.8 Å². The minimum atomic E-state index is -3.65. The van der Waals surface area contributed by atoms with Crippen molar-refractivity contribution in [1.82, 2.24) is 14.1 Å². The van der Waals surface area contributed by atoms with Crippen LogP contribution in [-0.4, -0.2) is 68.7 Å². The van der Waals surface area contributed by atoms with Gasteiger partial charge in [-0.15, -0.1) is 0 Å². The van der Waals surface area contributed by atoms with E-state index < -0.39 is 10.0 Å². The van der Waals surface area contributed by atoms with Gasteiger partial charge in [0.25, 0.3) is 5.91 Å². The third-order valence-corrected chi connectivity index (χ3v) is 7.47. The molecule has 0 saturated heterocycles. The second kappa shape index (κ2) is 11.1. The van der Waals surface area contributed by atoms with Gasteiger partial charge in [0.2, 0.25) is 10.0 Å². The Labute approximate surface area is 191 Å². The average Bonchev–Trinajstić information content (AvgIpc) is 2.72. The lowest BCUT2D eigenvalue weighted by Crippen LogP contribution is -2.37. The lowest BCUT2D eigenvalue weighted by Gasteiger charge is -2.26. The van der Waals surface area contributed by atoms with Crippen LogP contribution in [0.2, 0.25) is 5.02 Å². The molecule has 0 saturated carbocycles. The van der Waals surface area contributed by atoms with Gasteiger partial charge in [0.15, 0.2) is 0 Å². The molecule has 2 aromatic rings. The van der Waals surface area contributed by atoms with Crippen molar-refractivity contribution in [2.75, 3.05) is 40.3 Å². The Balaban J connectivity index is 2.41. The summed E-state index contributed by atoms with van der Waals surface area (Å²) in [6.45, 7) is 7.80. The quantitative estimate of drug-likeness (QED) is 0.534. The van der Waals surface area contributed by atoms with Crippen molar-refractivity contribution in [3.63, 3.8) is 0 Å². The number of benzene rings is 2. The number of hydrogen-bond acceptors (Lipinski definition) is 4. The lowest BCUT2D eigenvalue weighted by molar-refractivity contribution is 0.0731. The molecule has 0 unspecified atom stereocenters. The topological polar surface area (TPSA) is 60.9 Å². The predicted octanol–water partition coefficient (Wildman–Crippen LogP) is 3.88. The predicted molar refractivity (Wildman–Crippen MR) is 126 cm³/mol. The van der Waals surface area contributed by atoms with Crippen molar-refractivity contribution in [2.24, 2.45) is 0 Å². The Hall–Kier alpha value is -1.93. The molecule has 0 radical (unpaired) electrons. The minimum Gasteiger partial charge on any atom is -0.333 e. The molecule has 0 spiro atoms. The van der Waals surface area contributed by atoms with Gasteiger partial charge in [0.05, 0.1) is 4.90 Å². The van der Waals surface area contributed by atoms with Crippen molar-refractivity contribution in [3.05, 3.63) is 64.2 Å². The highest BCUT2D eigenvalue weighted by Crippen LogP contribution is 2.22. The van der Waals surface area contributed by atoms with E-state index in [2.05, 4.69) is 0 Å². The van der Waals surface area contributed by atoms with Gasteiger partial charge in [0, 0.05) is 43.3 Å². The van der Waals surface area contributed by atoms with E-state index in [9.17, 15) is 13.2 Å². The number of carbonyl (C=O) groups excluding carboxylic acids is 1. The van der Waals surface area contributed by atoms with E-state index in [1.54, 1.807) is 43.0 Å². The fraction of sp³-hybridized carbons (Fsp3) is 0.435. The van der Waals surface area contributed by atoms with Crippen LogP contribution in [0, 0.1) is 6.92 Å². The fourth-order valence-corrected chi connectivity index (χ4v) is 4.87. The standard InChI is InChI=1S/C23H32ClN3O3S/c1-6-27(7-2)31(29,30)21-13-8-18(3)22(16-21)23(28)26(15-14-25(4)5)17-19-9-11-20(24)12-10-19/h8-13,16H,6-7,14-15,17H2,1-5H3. The zero-order chi connectivity index (χ0) is 23.2. The van der Waals surface area contributed by atoms with Gasteiger partial charge in [-0.2, -0.15) is 4.31 Å². The van der Waals surface area contributed by atoms with Crippen LogP contribution < -0.4 is 0 Å². The summed E-state index contributed by atoms with van der Waals surface area (Å²) in [5.74, 6) is -0.189. The smallest absolute Gasteiger partial charge is 0.254 e. The Morgan fingerprint density at radius 1 is 0.968 bits per heavy atom. The van der Waals surface area contributed by atoms with Gasteiger partial charge in [-0.3, -0.25) is 4.79 Å². The molecule has 2 aromatic carbocycles. The van der Waals surface area contributed by atoms with Crippen LogP contribution in [0.15, 0.2) is 47.4 Å². The summed E-state index contributed by atoms with van der Waals surface area (Å²) >= 11 is 5.99. The Bertz CT molecular complexity index is 988. The maximum absolute atomic E-state index is 13.5. The summed E-state index contributed by atoms with van der Waals surface area (Å²) in [4.78, 5) is 17.4. The van der Waals surface area contributed by atoms with Crippen LogP contribution in [0.5, 0.6) is 0 Å². The number of aryl methyl sites for hydroxylation is 1. The Kier molecular flexibility index (Phi) is 9.06. The van der Waals surface area contributed by atoms with Crippen LogP contribution in [0.1, 0.15) is 35.3 Å². The van der Waals surface area contributed by atoms with Crippen molar-refractivity contribution < 1.29 is 13.2 Å². The van der Waals surface area contributed by atoms with E-state index in [0.29, 0.717) is 43.3 Å². The number of carbonyl (C=O) groups is 1. The van der Waals surface area contributed by atoms with E-state index in [0.717, 1.165) is 11.1 Å². The summed E-state index contributed by atoms with van der Waals surface area (Å²) in [7, 11) is 0.254. The molecule has 0 aliphatic heterocycles. The van der Waals surface area contributed by atoms with Gasteiger partial charge in [0.1, 0.15) is 0 Å². The minimum absolute atomic E-state index is 0.143. The first-order chi connectivity index (χ1) is 14.6. The molecule has 0 aliphatic carbocycles. The zero-order valence-corrected chi connectivity index (χ0v) is 20.5. The summed E-state index contributed by atoms with van der Waals surface area (Å²) in [5.41, 5.74) is 2.11. The molecule has 0 N–H and O–H groups in total. The van der Waals surface area contributed by atoms with E-state index in [1.807, 2.05) is 38.1 Å². The van der Waals surface area contributed by atoms with Gasteiger partial charge in [-0.05, 0) is 56.4 Å². The second-order valence-electron chi connectivity index (χ2n) is 7.72. The van der Waals surface area contributed by atoms with Gasteiger partial charge >= 0.3 is 0 Å². The monoisotopic (exact) mass is 465 g/mol. The number of sulfonamides is 1.